The molecule has 150 valence electrons. The van der Waals surface area contributed by atoms with Gasteiger partial charge in [0.05, 0.1) is 5.02 Å². The molecule has 0 aliphatic carbocycles. The third-order valence-electron chi connectivity index (χ3n) is 4.02. The van der Waals surface area contributed by atoms with Crippen LogP contribution in [-0.4, -0.2) is 42.2 Å². The van der Waals surface area contributed by atoms with Crippen LogP contribution < -0.4 is 10.1 Å². The summed E-state index contributed by atoms with van der Waals surface area (Å²) >= 11 is 7.86. The van der Waals surface area contributed by atoms with E-state index in [1.165, 1.54) is 0 Å². The van der Waals surface area contributed by atoms with Gasteiger partial charge in [-0.2, -0.15) is 0 Å². The fourth-order valence-electron chi connectivity index (χ4n) is 2.50. The molecular formula is C21H25ClN2O3S. The molecule has 0 saturated heterocycles. The lowest BCUT2D eigenvalue weighted by Crippen LogP contribution is -2.34. The molecule has 0 heterocycles. The molecule has 1 N–H and O–H groups in total. The Morgan fingerprint density at radius 3 is 2.46 bits per heavy atom. The van der Waals surface area contributed by atoms with E-state index in [2.05, 4.69) is 5.32 Å². The van der Waals surface area contributed by atoms with Gasteiger partial charge in [0.15, 0.2) is 6.61 Å². The van der Waals surface area contributed by atoms with E-state index in [0.717, 1.165) is 4.90 Å². The Kier molecular flexibility index (Phi) is 9.17. The minimum Gasteiger partial charge on any atom is -0.482 e. The van der Waals surface area contributed by atoms with E-state index >= 15 is 0 Å². The Labute approximate surface area is 175 Å². The Morgan fingerprint density at radius 2 is 1.82 bits per heavy atom. The highest BCUT2D eigenvalue weighted by molar-refractivity contribution is 7.99. The molecular weight excluding hydrogens is 396 g/mol. The van der Waals surface area contributed by atoms with E-state index in [1.807, 2.05) is 44.2 Å². The van der Waals surface area contributed by atoms with Crippen LogP contribution in [-0.2, 0) is 9.59 Å². The third-order valence-corrected chi connectivity index (χ3v) is 5.33. The lowest BCUT2D eigenvalue weighted by atomic mass is 10.3. The van der Waals surface area contributed by atoms with E-state index in [1.54, 1.807) is 34.9 Å². The second-order valence-corrected chi connectivity index (χ2v) is 7.54. The molecule has 2 aromatic rings. The maximum atomic E-state index is 12.1. The van der Waals surface area contributed by atoms with Crippen molar-refractivity contribution < 1.29 is 14.3 Å². The smallest absolute Gasteiger partial charge is 0.260 e. The van der Waals surface area contributed by atoms with Crippen molar-refractivity contribution in [2.24, 2.45) is 0 Å². The van der Waals surface area contributed by atoms with Crippen LogP contribution in [0, 0.1) is 0 Å². The van der Waals surface area contributed by atoms with Crippen LogP contribution in [0.4, 0.5) is 5.69 Å². The predicted octanol–water partition coefficient (Wildman–Crippen LogP) is 4.71. The summed E-state index contributed by atoms with van der Waals surface area (Å²) < 4.78 is 5.52. The minimum absolute atomic E-state index is 0.0657. The molecule has 0 bridgehead atoms. The SMILES string of the molecule is CCN(CC)C(=O)COc1ccc(NC(=O)CCSc2ccccc2)cc1Cl. The lowest BCUT2D eigenvalue weighted by molar-refractivity contribution is -0.133. The summed E-state index contributed by atoms with van der Waals surface area (Å²) in [7, 11) is 0. The maximum Gasteiger partial charge on any atom is 0.260 e. The van der Waals surface area contributed by atoms with Crippen molar-refractivity contribution in [1.29, 1.82) is 0 Å². The lowest BCUT2D eigenvalue weighted by Gasteiger charge is -2.19. The Bertz CT molecular complexity index is 782. The van der Waals surface area contributed by atoms with Gasteiger partial charge in [0.1, 0.15) is 5.75 Å². The van der Waals surface area contributed by atoms with Crippen molar-refractivity contribution in [3.05, 3.63) is 53.6 Å². The van der Waals surface area contributed by atoms with Gasteiger partial charge in [-0.05, 0) is 44.2 Å². The summed E-state index contributed by atoms with van der Waals surface area (Å²) in [6.45, 7) is 5.05. The molecule has 7 heteroatoms. The summed E-state index contributed by atoms with van der Waals surface area (Å²) in [6.07, 6.45) is 0.397. The molecule has 0 unspecified atom stereocenters. The second kappa shape index (κ2) is 11.6. The average Bonchev–Trinajstić information content (AvgIpc) is 2.69. The number of carbonyl (C=O) groups is 2. The molecule has 0 fully saturated rings. The molecule has 2 aromatic carbocycles. The van der Waals surface area contributed by atoms with E-state index < -0.39 is 0 Å². The number of likely N-dealkylation sites (N-methyl/N-ethyl adjacent to an activating group) is 1. The molecule has 0 radical (unpaired) electrons. The van der Waals surface area contributed by atoms with E-state index in [0.29, 0.717) is 41.7 Å². The molecule has 0 spiro atoms. The number of halogens is 1. The molecule has 0 aromatic heterocycles. The van der Waals surface area contributed by atoms with Gasteiger partial charge in [0.2, 0.25) is 5.91 Å². The van der Waals surface area contributed by atoms with Gasteiger partial charge in [0.25, 0.3) is 5.91 Å². The van der Waals surface area contributed by atoms with Crippen molar-refractivity contribution in [3.8, 4) is 5.75 Å². The molecule has 28 heavy (non-hydrogen) atoms. The molecule has 5 nitrogen and oxygen atoms in total. The van der Waals surface area contributed by atoms with Gasteiger partial charge >= 0.3 is 0 Å². The second-order valence-electron chi connectivity index (χ2n) is 5.96. The highest BCUT2D eigenvalue weighted by Gasteiger charge is 2.12. The molecule has 0 aliphatic heterocycles. The van der Waals surface area contributed by atoms with Crippen LogP contribution in [0.3, 0.4) is 0 Å². The summed E-state index contributed by atoms with van der Waals surface area (Å²) in [5.41, 5.74) is 0.599. The molecule has 0 aliphatic rings. The number of nitrogens with one attached hydrogen (secondary N) is 1. The number of hydrogen-bond donors (Lipinski definition) is 1. The molecule has 0 atom stereocenters. The summed E-state index contributed by atoms with van der Waals surface area (Å²) in [4.78, 5) is 26.9. The standard InChI is InChI=1S/C21H25ClN2O3S/c1-3-24(4-2)21(26)15-27-19-11-10-16(14-18(19)22)23-20(25)12-13-28-17-8-6-5-7-9-17/h5-11,14H,3-4,12-13,15H2,1-2H3,(H,23,25). The van der Waals surface area contributed by atoms with Crippen molar-refractivity contribution >= 4 is 40.9 Å². The summed E-state index contributed by atoms with van der Waals surface area (Å²) in [6, 6.07) is 15.0. The first-order chi connectivity index (χ1) is 13.5. The van der Waals surface area contributed by atoms with E-state index in [4.69, 9.17) is 16.3 Å². The normalized spacial score (nSPS) is 10.4. The van der Waals surface area contributed by atoms with Crippen LogP contribution in [0.15, 0.2) is 53.4 Å². The van der Waals surface area contributed by atoms with Gasteiger partial charge in [-0.15, -0.1) is 11.8 Å². The van der Waals surface area contributed by atoms with Crippen molar-refractivity contribution in [2.75, 3.05) is 30.8 Å². The number of amides is 2. The highest BCUT2D eigenvalue weighted by atomic mass is 35.5. The van der Waals surface area contributed by atoms with Crippen molar-refractivity contribution in [2.45, 2.75) is 25.2 Å². The molecule has 0 saturated carbocycles. The zero-order chi connectivity index (χ0) is 20.4. The number of nitrogens with zero attached hydrogens (tertiary/aromatic N) is 1. The number of rotatable bonds is 10. The van der Waals surface area contributed by atoms with Crippen LogP contribution >= 0.6 is 23.4 Å². The monoisotopic (exact) mass is 420 g/mol. The average molecular weight is 421 g/mol. The van der Waals surface area contributed by atoms with Crippen LogP contribution in [0.5, 0.6) is 5.75 Å². The number of thioether (sulfide) groups is 1. The zero-order valence-electron chi connectivity index (χ0n) is 16.1. The number of benzene rings is 2. The minimum atomic E-state index is -0.0886. The van der Waals surface area contributed by atoms with Gasteiger partial charge in [0, 0.05) is 35.8 Å². The molecule has 2 amide bonds. The van der Waals surface area contributed by atoms with E-state index in [9.17, 15) is 9.59 Å². The third kappa shape index (κ3) is 7.09. The fraction of sp³-hybridized carbons (Fsp3) is 0.333. The number of ether oxygens (including phenoxy) is 1. The topological polar surface area (TPSA) is 58.6 Å². The van der Waals surface area contributed by atoms with Gasteiger partial charge in [-0.25, -0.2) is 0 Å². The first-order valence-corrected chi connectivity index (χ1v) is 10.6. The Hall–Kier alpha value is -2.18. The van der Waals surface area contributed by atoms with Crippen LogP contribution in [0.2, 0.25) is 5.02 Å². The quantitative estimate of drug-likeness (QED) is 0.565. The van der Waals surface area contributed by atoms with Crippen LogP contribution in [0.1, 0.15) is 20.3 Å². The first kappa shape index (κ1) is 22.1. The highest BCUT2D eigenvalue weighted by Crippen LogP contribution is 2.28. The first-order valence-electron chi connectivity index (χ1n) is 9.21. The largest absolute Gasteiger partial charge is 0.482 e. The summed E-state index contributed by atoms with van der Waals surface area (Å²) in [5, 5.41) is 3.18. The maximum absolute atomic E-state index is 12.1. The van der Waals surface area contributed by atoms with E-state index in [-0.39, 0.29) is 18.4 Å². The number of anilines is 1. The van der Waals surface area contributed by atoms with Gasteiger partial charge < -0.3 is 15.0 Å². The van der Waals surface area contributed by atoms with Crippen LogP contribution in [0.25, 0.3) is 0 Å². The number of hydrogen-bond acceptors (Lipinski definition) is 4. The molecule has 2 rings (SSSR count). The fourth-order valence-corrected chi connectivity index (χ4v) is 3.61. The predicted molar refractivity (Wildman–Crippen MR) is 115 cm³/mol. The number of carbonyl (C=O) groups excluding carboxylic acids is 2. The van der Waals surface area contributed by atoms with Crippen molar-refractivity contribution in [1.82, 2.24) is 4.90 Å². The summed E-state index contributed by atoms with van der Waals surface area (Å²) in [5.74, 6) is 0.942. The van der Waals surface area contributed by atoms with Gasteiger partial charge in [-0.1, -0.05) is 29.8 Å². The van der Waals surface area contributed by atoms with Crippen molar-refractivity contribution in [3.63, 3.8) is 0 Å². The zero-order valence-corrected chi connectivity index (χ0v) is 17.7. The van der Waals surface area contributed by atoms with Gasteiger partial charge in [-0.3, -0.25) is 9.59 Å². The Morgan fingerprint density at radius 1 is 1.11 bits per heavy atom. The Balaban J connectivity index is 1.80.